The van der Waals surface area contributed by atoms with Crippen molar-refractivity contribution in [1.29, 1.82) is 0 Å². The van der Waals surface area contributed by atoms with Crippen molar-refractivity contribution in [2.45, 2.75) is 26.8 Å². The third-order valence-electron chi connectivity index (χ3n) is 4.62. The molecule has 7 nitrogen and oxygen atoms in total. The maximum absolute atomic E-state index is 12.9. The first kappa shape index (κ1) is 21.6. The second kappa shape index (κ2) is 9.13. The Kier molecular flexibility index (Phi) is 6.56. The lowest BCUT2D eigenvalue weighted by atomic mass is 10.0. The van der Waals surface area contributed by atoms with Crippen LogP contribution in [0.5, 0.6) is 11.5 Å². The zero-order chi connectivity index (χ0) is 21.8. The highest BCUT2D eigenvalue weighted by molar-refractivity contribution is 7.22. The van der Waals surface area contributed by atoms with Crippen LogP contribution in [0.1, 0.15) is 29.8 Å². The molecule has 158 valence electrons. The van der Waals surface area contributed by atoms with Crippen molar-refractivity contribution < 1.29 is 19.1 Å². The number of hydrogen-bond donors (Lipinski definition) is 2. The van der Waals surface area contributed by atoms with Crippen LogP contribution in [0.2, 0.25) is 0 Å². The molecular formula is C22H25N3O4S. The fourth-order valence-electron chi connectivity index (χ4n) is 2.97. The molecule has 0 fully saturated rings. The van der Waals surface area contributed by atoms with Gasteiger partial charge in [0.25, 0.3) is 5.91 Å². The van der Waals surface area contributed by atoms with Gasteiger partial charge in [0.2, 0.25) is 5.91 Å². The maximum atomic E-state index is 12.9. The highest BCUT2D eigenvalue weighted by Crippen LogP contribution is 2.27. The van der Waals surface area contributed by atoms with E-state index < -0.39 is 6.04 Å². The summed E-state index contributed by atoms with van der Waals surface area (Å²) in [6.45, 7) is 5.76. The number of aryl methyl sites for hydroxylation is 1. The van der Waals surface area contributed by atoms with Crippen LogP contribution in [0, 0.1) is 12.8 Å². The van der Waals surface area contributed by atoms with Gasteiger partial charge in [-0.2, -0.15) is 0 Å². The van der Waals surface area contributed by atoms with Gasteiger partial charge in [-0.05, 0) is 42.7 Å². The molecule has 0 spiro atoms. The Morgan fingerprint density at radius 1 is 1.03 bits per heavy atom. The van der Waals surface area contributed by atoms with Crippen molar-refractivity contribution in [2.24, 2.45) is 5.92 Å². The summed E-state index contributed by atoms with van der Waals surface area (Å²) in [6.07, 6.45) is 0. The number of thiazole rings is 1. The van der Waals surface area contributed by atoms with Gasteiger partial charge in [-0.25, -0.2) is 4.98 Å². The zero-order valence-electron chi connectivity index (χ0n) is 17.6. The molecule has 0 aliphatic carbocycles. The lowest BCUT2D eigenvalue weighted by molar-refractivity contribution is -0.118. The molecule has 3 rings (SSSR count). The number of carbonyl (C=O) groups is 2. The lowest BCUT2D eigenvalue weighted by Crippen LogP contribution is -2.47. The van der Waals surface area contributed by atoms with Crippen LogP contribution in [-0.4, -0.2) is 37.1 Å². The number of anilines is 1. The van der Waals surface area contributed by atoms with Gasteiger partial charge >= 0.3 is 0 Å². The van der Waals surface area contributed by atoms with Gasteiger partial charge in [0.15, 0.2) is 5.13 Å². The summed E-state index contributed by atoms with van der Waals surface area (Å²) in [7, 11) is 3.03. The molecule has 0 saturated carbocycles. The monoisotopic (exact) mass is 427 g/mol. The van der Waals surface area contributed by atoms with E-state index in [1.807, 2.05) is 39.0 Å². The molecule has 2 aromatic carbocycles. The first-order chi connectivity index (χ1) is 14.3. The van der Waals surface area contributed by atoms with E-state index >= 15 is 0 Å². The van der Waals surface area contributed by atoms with Gasteiger partial charge in [0.1, 0.15) is 17.5 Å². The standard InChI is InChI=1S/C22H25N3O4S/c1-12(2)19(24-20(26)14-9-15(28-4)11-16(10-14)29-5)21(27)25-22-23-17-7-6-13(3)8-18(17)30-22/h6-12,19H,1-5H3,(H,24,26)(H,23,25,27)/t19-/m0/s1. The topological polar surface area (TPSA) is 89.5 Å². The summed E-state index contributed by atoms with van der Waals surface area (Å²) in [5.74, 6) is 0.160. The molecular weight excluding hydrogens is 402 g/mol. The van der Waals surface area contributed by atoms with E-state index in [0.717, 1.165) is 15.8 Å². The molecule has 1 atom stereocenters. The normalized spacial score (nSPS) is 11.9. The molecule has 30 heavy (non-hydrogen) atoms. The Labute approximate surface area is 179 Å². The second-order valence-corrected chi connectivity index (χ2v) is 8.31. The molecule has 0 aliphatic rings. The summed E-state index contributed by atoms with van der Waals surface area (Å²) in [4.78, 5) is 30.2. The third kappa shape index (κ3) is 4.88. The lowest BCUT2D eigenvalue weighted by Gasteiger charge is -2.21. The summed E-state index contributed by atoms with van der Waals surface area (Å²) in [5, 5.41) is 6.15. The van der Waals surface area contributed by atoms with E-state index in [2.05, 4.69) is 15.6 Å². The predicted molar refractivity (Wildman–Crippen MR) is 119 cm³/mol. The highest BCUT2D eigenvalue weighted by Gasteiger charge is 2.26. The van der Waals surface area contributed by atoms with E-state index in [1.54, 1.807) is 18.2 Å². The van der Waals surface area contributed by atoms with E-state index in [1.165, 1.54) is 25.6 Å². The van der Waals surface area contributed by atoms with Crippen molar-refractivity contribution in [3.05, 3.63) is 47.5 Å². The molecule has 1 aromatic heterocycles. The van der Waals surface area contributed by atoms with E-state index in [9.17, 15) is 9.59 Å². The summed E-state index contributed by atoms with van der Waals surface area (Å²) < 4.78 is 11.4. The Balaban J connectivity index is 1.77. The van der Waals surface area contributed by atoms with Gasteiger partial charge < -0.3 is 20.1 Å². The van der Waals surface area contributed by atoms with Gasteiger partial charge in [-0.3, -0.25) is 9.59 Å². The highest BCUT2D eigenvalue weighted by atomic mass is 32.1. The van der Waals surface area contributed by atoms with Crippen LogP contribution in [0.3, 0.4) is 0 Å². The number of methoxy groups -OCH3 is 2. The molecule has 0 radical (unpaired) electrons. The molecule has 0 bridgehead atoms. The number of hydrogen-bond acceptors (Lipinski definition) is 6. The number of aromatic nitrogens is 1. The van der Waals surface area contributed by atoms with Crippen molar-refractivity contribution in [3.8, 4) is 11.5 Å². The minimum Gasteiger partial charge on any atom is -0.497 e. The van der Waals surface area contributed by atoms with Crippen LogP contribution < -0.4 is 20.1 Å². The molecule has 1 heterocycles. The molecule has 0 saturated heterocycles. The minimum atomic E-state index is -0.733. The first-order valence-electron chi connectivity index (χ1n) is 9.52. The number of rotatable bonds is 7. The molecule has 8 heteroatoms. The maximum Gasteiger partial charge on any atom is 0.252 e. The Bertz CT molecular complexity index is 1060. The number of benzene rings is 2. The van der Waals surface area contributed by atoms with Gasteiger partial charge in [0, 0.05) is 11.6 Å². The first-order valence-corrected chi connectivity index (χ1v) is 10.3. The van der Waals surface area contributed by atoms with E-state index in [-0.39, 0.29) is 17.7 Å². The number of nitrogens with zero attached hydrogens (tertiary/aromatic N) is 1. The summed E-state index contributed by atoms with van der Waals surface area (Å²) in [6, 6.07) is 10.1. The molecule has 3 aromatic rings. The minimum absolute atomic E-state index is 0.127. The number of amides is 2. The van der Waals surface area contributed by atoms with Crippen LogP contribution in [0.15, 0.2) is 36.4 Å². The molecule has 0 unspecified atom stereocenters. The fraction of sp³-hybridized carbons (Fsp3) is 0.318. The van der Waals surface area contributed by atoms with Crippen LogP contribution in [-0.2, 0) is 4.79 Å². The number of fused-ring (bicyclic) bond motifs is 1. The van der Waals surface area contributed by atoms with Gasteiger partial charge in [-0.15, -0.1) is 0 Å². The number of nitrogens with one attached hydrogen (secondary N) is 2. The SMILES string of the molecule is COc1cc(OC)cc(C(=O)N[C@H](C(=O)Nc2nc3ccc(C)cc3s2)C(C)C)c1. The fourth-order valence-corrected chi connectivity index (χ4v) is 3.93. The Hall–Kier alpha value is -3.13. The van der Waals surface area contributed by atoms with Crippen molar-refractivity contribution in [1.82, 2.24) is 10.3 Å². The van der Waals surface area contributed by atoms with Crippen LogP contribution >= 0.6 is 11.3 Å². The van der Waals surface area contributed by atoms with Crippen molar-refractivity contribution in [3.63, 3.8) is 0 Å². The summed E-state index contributed by atoms with van der Waals surface area (Å²) in [5.41, 5.74) is 2.31. The second-order valence-electron chi connectivity index (χ2n) is 7.28. The zero-order valence-corrected chi connectivity index (χ0v) is 18.4. The number of carbonyl (C=O) groups excluding carboxylic acids is 2. The average molecular weight is 428 g/mol. The van der Waals surface area contributed by atoms with Crippen LogP contribution in [0.25, 0.3) is 10.2 Å². The Morgan fingerprint density at radius 3 is 2.30 bits per heavy atom. The average Bonchev–Trinajstić information content (AvgIpc) is 3.11. The van der Waals surface area contributed by atoms with Gasteiger partial charge in [0.05, 0.1) is 24.4 Å². The molecule has 2 N–H and O–H groups in total. The molecule has 0 aliphatic heterocycles. The Morgan fingerprint density at radius 2 is 1.70 bits per heavy atom. The summed E-state index contributed by atoms with van der Waals surface area (Å²) >= 11 is 1.41. The smallest absolute Gasteiger partial charge is 0.252 e. The van der Waals surface area contributed by atoms with E-state index in [4.69, 9.17) is 9.47 Å². The van der Waals surface area contributed by atoms with Crippen LogP contribution in [0.4, 0.5) is 5.13 Å². The van der Waals surface area contributed by atoms with Crippen molar-refractivity contribution >= 4 is 38.5 Å². The predicted octanol–water partition coefficient (Wildman–Crippen LogP) is 4.02. The van der Waals surface area contributed by atoms with Crippen molar-refractivity contribution in [2.75, 3.05) is 19.5 Å². The largest absolute Gasteiger partial charge is 0.497 e. The molecule has 2 amide bonds. The van der Waals surface area contributed by atoms with Gasteiger partial charge in [-0.1, -0.05) is 31.3 Å². The third-order valence-corrected chi connectivity index (χ3v) is 5.56. The van der Waals surface area contributed by atoms with E-state index in [0.29, 0.717) is 22.2 Å². The quantitative estimate of drug-likeness (QED) is 0.595. The number of ether oxygens (including phenoxy) is 2.